The molecule has 186 valence electrons. The van der Waals surface area contributed by atoms with Gasteiger partial charge in [0.05, 0.1) is 13.2 Å². The number of aromatic nitrogens is 1. The number of pyridine rings is 1. The number of rotatable bonds is 14. The van der Waals surface area contributed by atoms with Crippen molar-refractivity contribution in [1.82, 2.24) is 10.3 Å². The molecule has 2 rings (SSSR count). The lowest BCUT2D eigenvalue weighted by Gasteiger charge is -2.32. The number of nitrogens with one attached hydrogen (secondary N) is 1. The van der Waals surface area contributed by atoms with Crippen LogP contribution in [0.3, 0.4) is 0 Å². The predicted molar refractivity (Wildman–Crippen MR) is 125 cm³/mol. The molecule has 0 aromatic carbocycles. The molecule has 0 bridgehead atoms. The van der Waals surface area contributed by atoms with Crippen molar-refractivity contribution in [2.75, 3.05) is 13.7 Å². The van der Waals surface area contributed by atoms with Crippen molar-refractivity contribution in [2.24, 2.45) is 17.8 Å². The monoisotopic (exact) mass is 464 g/mol. The lowest BCUT2D eigenvalue weighted by atomic mass is 9.88. The molecule has 1 aromatic heterocycles. The van der Waals surface area contributed by atoms with Crippen molar-refractivity contribution in [2.45, 2.75) is 85.0 Å². The molecule has 0 aliphatic heterocycles. The van der Waals surface area contributed by atoms with E-state index in [0.29, 0.717) is 18.4 Å². The van der Waals surface area contributed by atoms with Crippen molar-refractivity contribution in [3.63, 3.8) is 0 Å². The van der Waals surface area contributed by atoms with E-state index in [1.807, 2.05) is 6.92 Å². The Morgan fingerprint density at radius 1 is 1.21 bits per heavy atom. The van der Waals surface area contributed by atoms with Gasteiger partial charge < -0.3 is 24.6 Å². The van der Waals surface area contributed by atoms with Crippen LogP contribution in [0.25, 0.3) is 0 Å². The Morgan fingerprint density at radius 2 is 1.91 bits per heavy atom. The molecule has 33 heavy (non-hydrogen) atoms. The molecular weight excluding hydrogens is 424 g/mol. The van der Waals surface area contributed by atoms with Crippen LogP contribution in [0.5, 0.6) is 11.5 Å². The molecule has 1 heterocycles. The lowest BCUT2D eigenvalue weighted by Crippen LogP contribution is -2.44. The van der Waals surface area contributed by atoms with Gasteiger partial charge in [-0.2, -0.15) is 0 Å². The number of aromatic hydroxyl groups is 1. The van der Waals surface area contributed by atoms with Crippen molar-refractivity contribution in [3.05, 3.63) is 18.0 Å². The molecule has 0 saturated heterocycles. The highest BCUT2D eigenvalue weighted by atomic mass is 16.6. The van der Waals surface area contributed by atoms with E-state index in [2.05, 4.69) is 31.1 Å². The third-order valence-corrected chi connectivity index (χ3v) is 6.11. The zero-order valence-corrected chi connectivity index (χ0v) is 20.8. The number of ether oxygens (including phenoxy) is 3. The number of carbonyl (C=O) groups is 2. The summed E-state index contributed by atoms with van der Waals surface area (Å²) in [5.74, 6) is -0.00292. The van der Waals surface area contributed by atoms with Crippen LogP contribution in [-0.2, 0) is 14.3 Å². The van der Waals surface area contributed by atoms with E-state index in [0.717, 1.165) is 19.3 Å². The summed E-state index contributed by atoms with van der Waals surface area (Å²) >= 11 is 0. The zero-order chi connectivity index (χ0) is 24.5. The minimum Gasteiger partial charge on any atom is -0.503 e. The fraction of sp³-hybridized carbons (Fsp3) is 0.720. The van der Waals surface area contributed by atoms with Crippen LogP contribution >= 0.6 is 0 Å². The van der Waals surface area contributed by atoms with Gasteiger partial charge in [0.1, 0.15) is 12.1 Å². The highest BCUT2D eigenvalue weighted by molar-refractivity contribution is 5.97. The first kappa shape index (κ1) is 26.9. The molecule has 1 aliphatic rings. The minimum absolute atomic E-state index is 0.127. The van der Waals surface area contributed by atoms with Gasteiger partial charge in [-0.3, -0.25) is 4.79 Å². The van der Waals surface area contributed by atoms with E-state index in [-0.39, 0.29) is 29.2 Å². The second kappa shape index (κ2) is 12.8. The van der Waals surface area contributed by atoms with Crippen LogP contribution in [0.4, 0.5) is 0 Å². The van der Waals surface area contributed by atoms with E-state index in [1.165, 1.54) is 32.2 Å². The van der Waals surface area contributed by atoms with Crippen LogP contribution in [0, 0.1) is 17.8 Å². The van der Waals surface area contributed by atoms with E-state index in [9.17, 15) is 14.7 Å². The highest BCUT2D eigenvalue weighted by Crippen LogP contribution is 2.32. The number of hydrogen-bond donors (Lipinski definition) is 2. The standard InChI is InChI=1S/C25H40N2O6/c1-7-19(11-8-15(2)3)23(32-14-18-9-10-18)17(5)33-25(30)16(4)27-24(29)21-22(28)20(31-6)12-13-26-21/h12-13,15-19,23,28H,7-11,14H2,1-6H3,(H,27,29)/t16-,17-,19+,23-/m0/s1. The van der Waals surface area contributed by atoms with E-state index >= 15 is 0 Å². The highest BCUT2D eigenvalue weighted by Gasteiger charge is 2.33. The summed E-state index contributed by atoms with van der Waals surface area (Å²) in [5.41, 5.74) is -0.215. The van der Waals surface area contributed by atoms with Gasteiger partial charge in [-0.25, -0.2) is 9.78 Å². The van der Waals surface area contributed by atoms with E-state index in [4.69, 9.17) is 14.2 Å². The third-order valence-electron chi connectivity index (χ3n) is 6.11. The smallest absolute Gasteiger partial charge is 0.328 e. The molecule has 0 unspecified atom stereocenters. The van der Waals surface area contributed by atoms with Gasteiger partial charge in [-0.15, -0.1) is 0 Å². The summed E-state index contributed by atoms with van der Waals surface area (Å²) in [6.45, 7) is 10.6. The average Bonchev–Trinajstić information content (AvgIpc) is 3.60. The van der Waals surface area contributed by atoms with Gasteiger partial charge >= 0.3 is 5.97 Å². The number of amides is 1. The minimum atomic E-state index is -0.924. The first-order valence-corrected chi connectivity index (χ1v) is 12.0. The Bertz CT molecular complexity index is 780. The Balaban J connectivity index is 2.00. The van der Waals surface area contributed by atoms with Gasteiger partial charge in [0, 0.05) is 18.9 Å². The molecule has 1 aliphatic carbocycles. The van der Waals surface area contributed by atoms with Crippen molar-refractivity contribution >= 4 is 11.9 Å². The third kappa shape index (κ3) is 8.18. The van der Waals surface area contributed by atoms with E-state index < -0.39 is 24.0 Å². The number of carbonyl (C=O) groups excluding carboxylic acids is 2. The van der Waals surface area contributed by atoms with Crippen molar-refractivity contribution in [3.8, 4) is 11.5 Å². The summed E-state index contributed by atoms with van der Waals surface area (Å²) < 4.78 is 17.0. The molecule has 0 spiro atoms. The molecule has 8 nitrogen and oxygen atoms in total. The topological polar surface area (TPSA) is 107 Å². The van der Waals surface area contributed by atoms with Crippen LogP contribution < -0.4 is 10.1 Å². The molecular formula is C25H40N2O6. The average molecular weight is 465 g/mol. The van der Waals surface area contributed by atoms with Crippen molar-refractivity contribution < 1.29 is 28.9 Å². The quantitative estimate of drug-likeness (QED) is 0.399. The van der Waals surface area contributed by atoms with Gasteiger partial charge in [0.25, 0.3) is 5.91 Å². The van der Waals surface area contributed by atoms with Crippen LogP contribution in [0.1, 0.15) is 77.2 Å². The fourth-order valence-corrected chi connectivity index (χ4v) is 3.78. The Kier molecular flexibility index (Phi) is 10.4. The van der Waals surface area contributed by atoms with Gasteiger partial charge in [0.15, 0.2) is 17.2 Å². The predicted octanol–water partition coefficient (Wildman–Crippen LogP) is 4.10. The molecule has 0 radical (unpaired) electrons. The first-order chi connectivity index (χ1) is 15.7. The summed E-state index contributed by atoms with van der Waals surface area (Å²) in [6, 6.07) is 0.517. The summed E-state index contributed by atoms with van der Waals surface area (Å²) in [7, 11) is 1.38. The summed E-state index contributed by atoms with van der Waals surface area (Å²) in [5, 5.41) is 12.7. The fourth-order valence-electron chi connectivity index (χ4n) is 3.78. The maximum atomic E-state index is 12.8. The first-order valence-electron chi connectivity index (χ1n) is 12.0. The summed E-state index contributed by atoms with van der Waals surface area (Å²) in [4.78, 5) is 29.2. The van der Waals surface area contributed by atoms with Gasteiger partial charge in [0.2, 0.25) is 0 Å². The van der Waals surface area contributed by atoms with Gasteiger partial charge in [-0.1, -0.05) is 33.6 Å². The largest absolute Gasteiger partial charge is 0.503 e. The molecule has 8 heteroatoms. The second-order valence-electron chi connectivity index (χ2n) is 9.43. The second-order valence-corrected chi connectivity index (χ2v) is 9.43. The maximum absolute atomic E-state index is 12.8. The molecule has 4 atom stereocenters. The number of methoxy groups -OCH3 is 1. The summed E-state index contributed by atoms with van der Waals surface area (Å²) in [6.07, 6.45) is 6.14. The zero-order valence-electron chi connectivity index (χ0n) is 20.8. The van der Waals surface area contributed by atoms with Crippen LogP contribution in [-0.4, -0.2) is 53.9 Å². The number of esters is 1. The van der Waals surface area contributed by atoms with Gasteiger partial charge in [-0.05, 0) is 50.9 Å². The molecule has 1 saturated carbocycles. The molecule has 2 N–H and O–H groups in total. The molecule has 1 amide bonds. The van der Waals surface area contributed by atoms with E-state index in [1.54, 1.807) is 6.92 Å². The van der Waals surface area contributed by atoms with Crippen molar-refractivity contribution in [1.29, 1.82) is 0 Å². The Hall–Kier alpha value is -2.35. The SMILES string of the molecule is CC[C@H](CCC(C)C)[C@@H](OCC1CC1)[C@H](C)OC(=O)[C@H](C)NC(=O)c1nccc(OC)c1O. The Labute approximate surface area is 197 Å². The molecule has 1 aromatic rings. The van der Waals surface area contributed by atoms with Crippen LogP contribution in [0.2, 0.25) is 0 Å². The maximum Gasteiger partial charge on any atom is 0.328 e. The van der Waals surface area contributed by atoms with Crippen LogP contribution in [0.15, 0.2) is 12.3 Å². The normalized spacial score (nSPS) is 17.2. The lowest BCUT2D eigenvalue weighted by molar-refractivity contribution is -0.162. The molecule has 1 fully saturated rings. The Morgan fingerprint density at radius 3 is 2.48 bits per heavy atom. The number of hydrogen-bond acceptors (Lipinski definition) is 7. The number of nitrogens with zero attached hydrogens (tertiary/aromatic N) is 1.